The molecule has 0 N–H and O–H groups in total. The van der Waals surface area contributed by atoms with Gasteiger partial charge in [0.15, 0.2) is 0 Å². The van der Waals surface area contributed by atoms with Crippen LogP contribution in [-0.4, -0.2) is 14.8 Å². The van der Waals surface area contributed by atoms with Crippen molar-refractivity contribution in [2.45, 2.75) is 13.8 Å². The predicted molar refractivity (Wildman–Crippen MR) is 58.5 cm³/mol. The molecule has 0 saturated heterocycles. The second kappa shape index (κ2) is 3.53. The summed E-state index contributed by atoms with van der Waals surface area (Å²) in [6.07, 6.45) is 3.23. The van der Waals surface area contributed by atoms with Gasteiger partial charge in [-0.05, 0) is 37.1 Å². The summed E-state index contributed by atoms with van der Waals surface area (Å²) < 4.78 is 2.91. The Balaban J connectivity index is 2.57. The highest BCUT2D eigenvalue weighted by Crippen LogP contribution is 2.23. The summed E-state index contributed by atoms with van der Waals surface area (Å²) in [7, 11) is 0. The number of aromatic nitrogens is 3. The number of benzene rings is 1. The van der Waals surface area contributed by atoms with Crippen LogP contribution in [0.1, 0.15) is 11.1 Å². The van der Waals surface area contributed by atoms with Gasteiger partial charge in [-0.3, -0.25) is 0 Å². The smallest absolute Gasteiger partial charge is 0.138 e. The van der Waals surface area contributed by atoms with Crippen molar-refractivity contribution in [1.82, 2.24) is 14.8 Å². The normalized spacial score (nSPS) is 10.5. The molecule has 0 spiro atoms. The van der Waals surface area contributed by atoms with E-state index in [2.05, 4.69) is 52.0 Å². The molecule has 0 aliphatic heterocycles. The molecule has 2 aromatic rings. The molecule has 0 aliphatic carbocycles. The second-order valence-corrected chi connectivity index (χ2v) is 4.03. The maximum Gasteiger partial charge on any atom is 0.138 e. The summed E-state index contributed by atoms with van der Waals surface area (Å²) in [5.41, 5.74) is 3.45. The monoisotopic (exact) mass is 251 g/mol. The number of aryl methyl sites for hydroxylation is 2. The van der Waals surface area contributed by atoms with E-state index in [0.717, 1.165) is 10.2 Å². The lowest BCUT2D eigenvalue weighted by molar-refractivity contribution is 0.875. The summed E-state index contributed by atoms with van der Waals surface area (Å²) in [5, 5.41) is 4.09. The van der Waals surface area contributed by atoms with Crippen LogP contribution >= 0.6 is 15.9 Å². The van der Waals surface area contributed by atoms with E-state index in [1.165, 1.54) is 17.5 Å². The maximum atomic E-state index is 4.09. The lowest BCUT2D eigenvalue weighted by atomic mass is 10.1. The highest BCUT2D eigenvalue weighted by atomic mass is 79.9. The molecule has 0 bridgehead atoms. The van der Waals surface area contributed by atoms with E-state index in [1.807, 2.05) is 0 Å². The van der Waals surface area contributed by atoms with E-state index in [0.29, 0.717) is 0 Å². The Morgan fingerprint density at radius 2 is 1.86 bits per heavy atom. The van der Waals surface area contributed by atoms with Crippen LogP contribution in [0.4, 0.5) is 0 Å². The Hall–Kier alpha value is -1.16. The molecule has 1 aromatic carbocycles. The average Bonchev–Trinajstić information content (AvgIpc) is 2.66. The van der Waals surface area contributed by atoms with Crippen LogP contribution in [0.3, 0.4) is 0 Å². The Morgan fingerprint density at radius 1 is 1.21 bits per heavy atom. The van der Waals surface area contributed by atoms with Gasteiger partial charge in [0.2, 0.25) is 0 Å². The van der Waals surface area contributed by atoms with Crippen molar-refractivity contribution >= 4 is 15.9 Å². The van der Waals surface area contributed by atoms with Gasteiger partial charge in [-0.1, -0.05) is 15.9 Å². The van der Waals surface area contributed by atoms with Crippen molar-refractivity contribution in [3.8, 4) is 5.69 Å². The summed E-state index contributed by atoms with van der Waals surface area (Å²) in [6.45, 7) is 4.13. The summed E-state index contributed by atoms with van der Waals surface area (Å²) in [5.74, 6) is 0. The standard InChI is InChI=1S/C10H10BrN3/c1-7-3-9(4-8(2)10(7)11)14-6-12-5-13-14/h3-6H,1-2H3. The van der Waals surface area contributed by atoms with Crippen LogP contribution in [-0.2, 0) is 0 Å². The van der Waals surface area contributed by atoms with Gasteiger partial charge in [0, 0.05) is 4.47 Å². The Kier molecular flexibility index (Phi) is 2.37. The lowest BCUT2D eigenvalue weighted by Crippen LogP contribution is -1.96. The molecule has 0 amide bonds. The van der Waals surface area contributed by atoms with Gasteiger partial charge < -0.3 is 0 Å². The van der Waals surface area contributed by atoms with Gasteiger partial charge >= 0.3 is 0 Å². The Labute approximate surface area is 90.9 Å². The van der Waals surface area contributed by atoms with Crippen molar-refractivity contribution < 1.29 is 0 Å². The first-order chi connectivity index (χ1) is 6.68. The molecule has 0 unspecified atom stereocenters. The molecule has 0 fully saturated rings. The minimum atomic E-state index is 1.04. The van der Waals surface area contributed by atoms with Crippen LogP contribution in [0.2, 0.25) is 0 Å². The van der Waals surface area contributed by atoms with Crippen LogP contribution in [0, 0.1) is 13.8 Å². The molecule has 0 aliphatic rings. The van der Waals surface area contributed by atoms with Crippen molar-refractivity contribution in [3.05, 3.63) is 40.4 Å². The van der Waals surface area contributed by atoms with E-state index >= 15 is 0 Å². The van der Waals surface area contributed by atoms with Gasteiger partial charge in [-0.15, -0.1) is 0 Å². The van der Waals surface area contributed by atoms with Crippen LogP contribution in [0.5, 0.6) is 0 Å². The number of nitrogens with zero attached hydrogens (tertiary/aromatic N) is 3. The zero-order valence-electron chi connectivity index (χ0n) is 8.03. The molecule has 72 valence electrons. The second-order valence-electron chi connectivity index (χ2n) is 3.23. The third kappa shape index (κ3) is 1.57. The first kappa shape index (κ1) is 9.40. The summed E-state index contributed by atoms with van der Waals surface area (Å²) >= 11 is 3.53. The molecular weight excluding hydrogens is 242 g/mol. The Bertz CT molecular complexity index is 425. The van der Waals surface area contributed by atoms with Crippen LogP contribution in [0.25, 0.3) is 5.69 Å². The average molecular weight is 252 g/mol. The molecule has 1 heterocycles. The molecule has 0 atom stereocenters. The van der Waals surface area contributed by atoms with E-state index in [4.69, 9.17) is 0 Å². The molecule has 2 rings (SSSR count). The van der Waals surface area contributed by atoms with E-state index in [1.54, 1.807) is 11.0 Å². The quantitative estimate of drug-likeness (QED) is 0.781. The SMILES string of the molecule is Cc1cc(-n2cncn2)cc(C)c1Br. The molecule has 0 saturated carbocycles. The van der Waals surface area contributed by atoms with Crippen LogP contribution < -0.4 is 0 Å². The van der Waals surface area contributed by atoms with Crippen molar-refractivity contribution in [1.29, 1.82) is 0 Å². The Morgan fingerprint density at radius 3 is 2.36 bits per heavy atom. The fourth-order valence-corrected chi connectivity index (χ4v) is 1.63. The highest BCUT2D eigenvalue weighted by molar-refractivity contribution is 9.10. The molecule has 3 nitrogen and oxygen atoms in total. The number of rotatable bonds is 1. The number of hydrogen-bond donors (Lipinski definition) is 0. The van der Waals surface area contributed by atoms with Crippen LogP contribution in [0.15, 0.2) is 29.3 Å². The molecule has 4 heteroatoms. The highest BCUT2D eigenvalue weighted by Gasteiger charge is 2.03. The van der Waals surface area contributed by atoms with Crippen molar-refractivity contribution in [2.24, 2.45) is 0 Å². The topological polar surface area (TPSA) is 30.7 Å². The number of hydrogen-bond acceptors (Lipinski definition) is 2. The fourth-order valence-electron chi connectivity index (χ4n) is 1.40. The molecule has 1 aromatic heterocycles. The minimum absolute atomic E-state index is 1.04. The molecule has 14 heavy (non-hydrogen) atoms. The van der Waals surface area contributed by atoms with Crippen molar-refractivity contribution in [2.75, 3.05) is 0 Å². The zero-order valence-corrected chi connectivity index (χ0v) is 9.62. The first-order valence-corrected chi connectivity index (χ1v) is 5.09. The van der Waals surface area contributed by atoms with E-state index in [9.17, 15) is 0 Å². The van der Waals surface area contributed by atoms with Crippen molar-refractivity contribution in [3.63, 3.8) is 0 Å². The van der Waals surface area contributed by atoms with Gasteiger partial charge in [0.25, 0.3) is 0 Å². The zero-order chi connectivity index (χ0) is 10.1. The first-order valence-electron chi connectivity index (χ1n) is 4.30. The van der Waals surface area contributed by atoms with Gasteiger partial charge in [0.05, 0.1) is 5.69 Å². The maximum absolute atomic E-state index is 4.09. The molecular formula is C10H10BrN3. The summed E-state index contributed by atoms with van der Waals surface area (Å²) in [4.78, 5) is 3.92. The summed E-state index contributed by atoms with van der Waals surface area (Å²) in [6, 6.07) is 4.15. The third-order valence-corrected chi connectivity index (χ3v) is 3.36. The van der Waals surface area contributed by atoms with Gasteiger partial charge in [-0.2, -0.15) is 5.10 Å². The van der Waals surface area contributed by atoms with Gasteiger partial charge in [0.1, 0.15) is 12.7 Å². The third-order valence-electron chi connectivity index (χ3n) is 2.10. The van der Waals surface area contributed by atoms with Gasteiger partial charge in [-0.25, -0.2) is 9.67 Å². The van der Waals surface area contributed by atoms with E-state index < -0.39 is 0 Å². The minimum Gasteiger partial charge on any atom is -0.223 e. The fraction of sp³-hybridized carbons (Fsp3) is 0.200. The van der Waals surface area contributed by atoms with E-state index in [-0.39, 0.29) is 0 Å². The number of halogens is 1. The lowest BCUT2D eigenvalue weighted by Gasteiger charge is -2.06. The molecule has 0 radical (unpaired) electrons. The largest absolute Gasteiger partial charge is 0.223 e. The predicted octanol–water partition coefficient (Wildman–Crippen LogP) is 2.65.